The molecule has 0 amide bonds. The molecule has 0 fully saturated rings. The summed E-state index contributed by atoms with van der Waals surface area (Å²) < 4.78 is 28.1. The molecule has 1 rings (SSSR count). The van der Waals surface area contributed by atoms with Gasteiger partial charge in [0.15, 0.2) is 0 Å². The van der Waals surface area contributed by atoms with Crippen molar-refractivity contribution in [3.05, 3.63) is 28.6 Å². The summed E-state index contributed by atoms with van der Waals surface area (Å²) in [4.78, 5) is 0. The molecule has 0 aliphatic carbocycles. The van der Waals surface area contributed by atoms with Crippen LogP contribution in [-0.2, 0) is 10.0 Å². The molecule has 2 N–H and O–H groups in total. The van der Waals surface area contributed by atoms with Crippen LogP contribution in [0.5, 0.6) is 0 Å². The van der Waals surface area contributed by atoms with Crippen molar-refractivity contribution in [1.29, 1.82) is 0 Å². The Labute approximate surface area is 142 Å². The minimum absolute atomic E-state index is 0.0234. The fourth-order valence-corrected chi connectivity index (χ4v) is 4.93. The van der Waals surface area contributed by atoms with Gasteiger partial charge in [0.2, 0.25) is 10.0 Å². The Morgan fingerprint density at radius 1 is 1.36 bits per heavy atom. The molecule has 0 saturated carbocycles. The smallest absolute Gasteiger partial charge is 0.250 e. The second-order valence-corrected chi connectivity index (χ2v) is 8.93. The molecule has 22 heavy (non-hydrogen) atoms. The number of aliphatic hydroxyl groups excluding tert-OH is 1. The second kappa shape index (κ2) is 9.03. The molecule has 3 atom stereocenters. The van der Waals surface area contributed by atoms with Gasteiger partial charge in [0, 0.05) is 0 Å². The van der Waals surface area contributed by atoms with Crippen LogP contribution in [0.25, 0.3) is 0 Å². The van der Waals surface area contributed by atoms with Crippen LogP contribution in [0.15, 0.2) is 28.5 Å². The summed E-state index contributed by atoms with van der Waals surface area (Å²) >= 11 is 6.82. The van der Waals surface area contributed by atoms with Crippen LogP contribution in [0.2, 0.25) is 4.34 Å². The fourth-order valence-electron chi connectivity index (χ4n) is 2.06. The first-order chi connectivity index (χ1) is 10.3. The van der Waals surface area contributed by atoms with E-state index in [2.05, 4.69) is 4.72 Å². The number of aliphatic hydroxyl groups is 1. The number of nitrogens with one attached hydrogen (secondary N) is 1. The monoisotopic (exact) mass is 365 g/mol. The molecular formula is C15H24ClNO3S2. The van der Waals surface area contributed by atoms with Gasteiger partial charge in [0.05, 0.1) is 16.5 Å². The maximum atomic E-state index is 12.4. The summed E-state index contributed by atoms with van der Waals surface area (Å²) in [5.74, 6) is 0.0234. The molecule has 0 unspecified atom stereocenters. The van der Waals surface area contributed by atoms with Crippen LogP contribution in [0.1, 0.15) is 40.0 Å². The number of hydrogen-bond acceptors (Lipinski definition) is 4. The van der Waals surface area contributed by atoms with Gasteiger partial charge in [-0.05, 0) is 30.9 Å². The van der Waals surface area contributed by atoms with Crippen molar-refractivity contribution < 1.29 is 13.5 Å². The van der Waals surface area contributed by atoms with Gasteiger partial charge >= 0.3 is 0 Å². The molecule has 0 radical (unpaired) electrons. The van der Waals surface area contributed by atoms with Gasteiger partial charge in [0.1, 0.15) is 4.21 Å². The van der Waals surface area contributed by atoms with Crippen molar-refractivity contribution in [1.82, 2.24) is 4.72 Å². The van der Waals surface area contributed by atoms with Gasteiger partial charge in [-0.15, -0.1) is 11.3 Å². The zero-order valence-corrected chi connectivity index (χ0v) is 15.5. The van der Waals surface area contributed by atoms with E-state index in [1.165, 1.54) is 6.07 Å². The highest BCUT2D eigenvalue weighted by Crippen LogP contribution is 2.26. The fraction of sp³-hybridized carbons (Fsp3) is 0.600. The van der Waals surface area contributed by atoms with Crippen molar-refractivity contribution in [3.8, 4) is 0 Å². The average Bonchev–Trinajstić information content (AvgIpc) is 2.91. The third-order valence-corrected chi connectivity index (χ3v) is 6.74. The highest BCUT2D eigenvalue weighted by molar-refractivity contribution is 7.91. The second-order valence-electron chi connectivity index (χ2n) is 5.27. The molecule has 7 heteroatoms. The van der Waals surface area contributed by atoms with E-state index < -0.39 is 22.2 Å². The van der Waals surface area contributed by atoms with Crippen molar-refractivity contribution in [2.75, 3.05) is 0 Å². The predicted octanol–water partition coefficient (Wildman–Crippen LogP) is 3.81. The molecule has 0 aliphatic rings. The van der Waals surface area contributed by atoms with E-state index in [0.717, 1.165) is 24.2 Å². The van der Waals surface area contributed by atoms with Crippen molar-refractivity contribution in [3.63, 3.8) is 0 Å². The highest BCUT2D eigenvalue weighted by Gasteiger charge is 2.29. The lowest BCUT2D eigenvalue weighted by Gasteiger charge is -2.28. The zero-order chi connectivity index (χ0) is 16.8. The molecule has 0 saturated heterocycles. The number of allylic oxidation sites excluding steroid dienone is 1. The number of halogens is 1. The third kappa shape index (κ3) is 5.66. The number of sulfonamides is 1. The van der Waals surface area contributed by atoms with E-state index in [9.17, 15) is 13.5 Å². The summed E-state index contributed by atoms with van der Waals surface area (Å²) in [5, 5.41) is 10.4. The first-order valence-electron chi connectivity index (χ1n) is 7.42. The maximum Gasteiger partial charge on any atom is 0.250 e. The van der Waals surface area contributed by atoms with Gasteiger partial charge in [-0.1, -0.05) is 50.9 Å². The van der Waals surface area contributed by atoms with E-state index in [1.54, 1.807) is 6.07 Å². The first-order valence-corrected chi connectivity index (χ1v) is 10.1. The van der Waals surface area contributed by atoms with Gasteiger partial charge in [-0.3, -0.25) is 0 Å². The summed E-state index contributed by atoms with van der Waals surface area (Å²) in [5.41, 5.74) is 0. The summed E-state index contributed by atoms with van der Waals surface area (Å²) in [7, 11) is -3.67. The van der Waals surface area contributed by atoms with Gasteiger partial charge in [0.25, 0.3) is 0 Å². The Morgan fingerprint density at radius 2 is 2.05 bits per heavy atom. The highest BCUT2D eigenvalue weighted by atomic mass is 35.5. The molecule has 0 bridgehead atoms. The summed E-state index contributed by atoms with van der Waals surface area (Å²) in [6.07, 6.45) is 5.17. The summed E-state index contributed by atoms with van der Waals surface area (Å²) in [6.45, 7) is 5.92. The Kier molecular flexibility index (Phi) is 8.07. The molecule has 1 heterocycles. The van der Waals surface area contributed by atoms with Crippen LogP contribution >= 0.6 is 22.9 Å². The van der Waals surface area contributed by atoms with Crippen molar-refractivity contribution >= 4 is 33.0 Å². The minimum atomic E-state index is -3.67. The number of rotatable bonds is 9. The van der Waals surface area contributed by atoms with E-state index in [0.29, 0.717) is 10.8 Å². The lowest BCUT2D eigenvalue weighted by atomic mass is 9.93. The molecule has 0 aromatic carbocycles. The van der Waals surface area contributed by atoms with E-state index in [1.807, 2.05) is 32.9 Å². The minimum Gasteiger partial charge on any atom is -0.391 e. The Morgan fingerprint density at radius 3 is 2.55 bits per heavy atom. The van der Waals surface area contributed by atoms with Crippen LogP contribution in [0.4, 0.5) is 0 Å². The van der Waals surface area contributed by atoms with Gasteiger partial charge in [-0.25, -0.2) is 13.1 Å². The molecule has 1 aromatic rings. The molecule has 4 nitrogen and oxygen atoms in total. The SMILES string of the molecule is CC/C=C/C[C@H](O)[C@H](NS(=O)(=O)c1ccc(Cl)s1)[C@@H](C)CC. The van der Waals surface area contributed by atoms with Gasteiger partial charge < -0.3 is 5.11 Å². The third-order valence-electron chi connectivity index (χ3n) is 3.56. The van der Waals surface area contributed by atoms with Crippen LogP contribution < -0.4 is 4.72 Å². The maximum absolute atomic E-state index is 12.4. The van der Waals surface area contributed by atoms with Crippen LogP contribution in [-0.4, -0.2) is 25.7 Å². The van der Waals surface area contributed by atoms with E-state index in [4.69, 9.17) is 11.6 Å². The molecular weight excluding hydrogens is 342 g/mol. The molecule has 0 spiro atoms. The number of thiophene rings is 1. The van der Waals surface area contributed by atoms with Crippen molar-refractivity contribution in [2.45, 2.75) is 56.4 Å². The molecule has 0 aliphatic heterocycles. The molecule has 126 valence electrons. The Hall–Kier alpha value is -0.400. The largest absolute Gasteiger partial charge is 0.391 e. The number of hydrogen-bond donors (Lipinski definition) is 2. The Bertz CT molecular complexity index is 583. The van der Waals surface area contributed by atoms with Crippen LogP contribution in [0, 0.1) is 5.92 Å². The van der Waals surface area contributed by atoms with Gasteiger partial charge in [-0.2, -0.15) is 0 Å². The average molecular weight is 366 g/mol. The zero-order valence-electron chi connectivity index (χ0n) is 13.1. The topological polar surface area (TPSA) is 66.4 Å². The molecule has 1 aromatic heterocycles. The van der Waals surface area contributed by atoms with E-state index in [-0.39, 0.29) is 10.1 Å². The first kappa shape index (κ1) is 19.6. The Balaban J connectivity index is 2.91. The normalized spacial score (nSPS) is 16.8. The lowest BCUT2D eigenvalue weighted by Crippen LogP contribution is -2.47. The summed E-state index contributed by atoms with van der Waals surface area (Å²) in [6, 6.07) is 2.50. The quantitative estimate of drug-likeness (QED) is 0.654. The van der Waals surface area contributed by atoms with Crippen molar-refractivity contribution in [2.24, 2.45) is 5.92 Å². The lowest BCUT2D eigenvalue weighted by molar-refractivity contribution is 0.114. The standard InChI is InChI=1S/C15H24ClNO3S2/c1-4-6-7-8-12(18)15(11(3)5-2)17-22(19,20)14-10-9-13(16)21-14/h6-7,9-12,15,17-18H,4-5,8H2,1-3H3/b7-6+/t11-,12-,15+/m0/s1. The van der Waals surface area contributed by atoms with E-state index >= 15 is 0 Å². The predicted molar refractivity (Wildman–Crippen MR) is 92.9 cm³/mol. The van der Waals surface area contributed by atoms with Crippen LogP contribution in [0.3, 0.4) is 0 Å².